The predicted molar refractivity (Wildman–Crippen MR) is 75.6 cm³/mol. The van der Waals surface area contributed by atoms with Gasteiger partial charge in [-0.1, -0.05) is 37.8 Å². The van der Waals surface area contributed by atoms with E-state index in [0.29, 0.717) is 6.54 Å². The zero-order chi connectivity index (χ0) is 13.6. The minimum atomic E-state index is -0.529. The van der Waals surface area contributed by atoms with Crippen molar-refractivity contribution in [1.29, 1.82) is 0 Å². The lowest BCUT2D eigenvalue weighted by atomic mass is 9.94. The maximum Gasteiger partial charge on any atom is 0.123 e. The summed E-state index contributed by atoms with van der Waals surface area (Å²) in [7, 11) is 0. The number of hydrogen-bond donors (Lipinski definition) is 2. The first-order chi connectivity index (χ1) is 9.18. The minimum absolute atomic E-state index is 0.181. The lowest BCUT2D eigenvalue weighted by Crippen LogP contribution is -2.40. The van der Waals surface area contributed by atoms with Crippen LogP contribution in [0, 0.1) is 5.82 Å². The molecule has 1 saturated carbocycles. The summed E-state index contributed by atoms with van der Waals surface area (Å²) < 4.78 is 13.0. The van der Waals surface area contributed by atoms with Gasteiger partial charge in [-0.3, -0.25) is 0 Å². The van der Waals surface area contributed by atoms with E-state index in [2.05, 4.69) is 5.32 Å². The van der Waals surface area contributed by atoms with Crippen LogP contribution in [0.3, 0.4) is 0 Å². The van der Waals surface area contributed by atoms with Gasteiger partial charge in [-0.15, -0.1) is 0 Å². The van der Waals surface area contributed by atoms with Gasteiger partial charge < -0.3 is 10.4 Å². The normalized spacial score (nSPS) is 19.1. The van der Waals surface area contributed by atoms with Crippen molar-refractivity contribution < 1.29 is 9.50 Å². The van der Waals surface area contributed by atoms with E-state index in [1.165, 1.54) is 18.9 Å². The van der Waals surface area contributed by atoms with Crippen molar-refractivity contribution in [3.05, 3.63) is 35.6 Å². The van der Waals surface area contributed by atoms with Crippen molar-refractivity contribution in [1.82, 2.24) is 5.32 Å². The summed E-state index contributed by atoms with van der Waals surface area (Å²) in [6.07, 6.45) is 7.34. The monoisotopic (exact) mass is 265 g/mol. The maximum absolute atomic E-state index is 13.0. The highest BCUT2D eigenvalue weighted by molar-refractivity contribution is 5.16. The molecule has 0 unspecified atom stereocenters. The summed E-state index contributed by atoms with van der Waals surface area (Å²) in [5.41, 5.74) is 0.471. The Morgan fingerprint density at radius 3 is 2.58 bits per heavy atom. The quantitative estimate of drug-likeness (QED) is 0.633. The SMILES string of the molecule is OC1(CNCCc2cccc(F)c2)CCCCCC1. The number of benzene rings is 1. The molecule has 3 heteroatoms. The molecule has 0 atom stereocenters. The van der Waals surface area contributed by atoms with Gasteiger partial charge in [0.15, 0.2) is 0 Å². The lowest BCUT2D eigenvalue weighted by Gasteiger charge is -2.27. The van der Waals surface area contributed by atoms with Crippen LogP contribution in [0.1, 0.15) is 44.1 Å². The predicted octanol–water partition coefficient (Wildman–Crippen LogP) is 3.04. The summed E-state index contributed by atoms with van der Waals surface area (Å²) in [6, 6.07) is 6.71. The number of nitrogens with one attached hydrogen (secondary N) is 1. The van der Waals surface area contributed by atoms with Gasteiger partial charge in [0.1, 0.15) is 5.82 Å². The van der Waals surface area contributed by atoms with Crippen LogP contribution in [-0.2, 0) is 6.42 Å². The van der Waals surface area contributed by atoms with Crippen molar-refractivity contribution in [2.45, 2.75) is 50.5 Å². The maximum atomic E-state index is 13.0. The second-order valence-corrected chi connectivity index (χ2v) is 5.70. The first-order valence-corrected chi connectivity index (χ1v) is 7.36. The fourth-order valence-electron chi connectivity index (χ4n) is 2.81. The Balaban J connectivity index is 1.71. The van der Waals surface area contributed by atoms with Gasteiger partial charge in [0.25, 0.3) is 0 Å². The molecule has 0 spiro atoms. The van der Waals surface area contributed by atoms with Crippen LogP contribution in [0.4, 0.5) is 4.39 Å². The molecule has 2 nitrogen and oxygen atoms in total. The largest absolute Gasteiger partial charge is 0.389 e. The summed E-state index contributed by atoms with van der Waals surface area (Å²) in [5.74, 6) is -0.181. The van der Waals surface area contributed by atoms with E-state index in [9.17, 15) is 9.50 Å². The number of hydrogen-bond acceptors (Lipinski definition) is 2. The zero-order valence-corrected chi connectivity index (χ0v) is 11.5. The first kappa shape index (κ1) is 14.5. The average Bonchev–Trinajstić information content (AvgIpc) is 2.60. The number of aliphatic hydroxyl groups is 1. The van der Waals surface area contributed by atoms with Crippen LogP contribution in [0.25, 0.3) is 0 Å². The highest BCUT2D eigenvalue weighted by Gasteiger charge is 2.27. The molecular formula is C16H24FNO. The molecule has 1 fully saturated rings. The molecule has 1 aliphatic rings. The number of rotatable bonds is 5. The fraction of sp³-hybridized carbons (Fsp3) is 0.625. The zero-order valence-electron chi connectivity index (χ0n) is 11.5. The van der Waals surface area contributed by atoms with E-state index >= 15 is 0 Å². The second-order valence-electron chi connectivity index (χ2n) is 5.70. The van der Waals surface area contributed by atoms with E-state index in [0.717, 1.165) is 44.2 Å². The van der Waals surface area contributed by atoms with Crippen LogP contribution in [0.15, 0.2) is 24.3 Å². The standard InChI is InChI=1S/C16H24FNO/c17-15-7-5-6-14(12-15)8-11-18-13-16(19)9-3-1-2-4-10-16/h5-7,12,18-19H,1-4,8-11,13H2. The minimum Gasteiger partial charge on any atom is -0.389 e. The molecule has 1 aromatic carbocycles. The lowest BCUT2D eigenvalue weighted by molar-refractivity contribution is 0.0256. The van der Waals surface area contributed by atoms with Crippen molar-refractivity contribution in [2.24, 2.45) is 0 Å². The van der Waals surface area contributed by atoms with Gasteiger partial charge in [-0.05, 0) is 43.5 Å². The van der Waals surface area contributed by atoms with Crippen LogP contribution in [0.2, 0.25) is 0 Å². The van der Waals surface area contributed by atoms with Gasteiger partial charge in [0.05, 0.1) is 5.60 Å². The third-order valence-corrected chi connectivity index (χ3v) is 3.97. The van der Waals surface area contributed by atoms with Crippen LogP contribution in [0.5, 0.6) is 0 Å². The average molecular weight is 265 g/mol. The molecule has 106 valence electrons. The molecule has 0 saturated heterocycles. The van der Waals surface area contributed by atoms with Gasteiger partial charge in [-0.2, -0.15) is 0 Å². The highest BCUT2D eigenvalue weighted by Crippen LogP contribution is 2.26. The Bertz CT molecular complexity index is 386. The van der Waals surface area contributed by atoms with E-state index in [-0.39, 0.29) is 5.82 Å². The first-order valence-electron chi connectivity index (χ1n) is 7.36. The summed E-state index contributed by atoms with van der Waals surface area (Å²) in [5, 5.41) is 13.8. The molecule has 0 aliphatic heterocycles. The van der Waals surface area contributed by atoms with Crippen molar-refractivity contribution >= 4 is 0 Å². The molecule has 0 bridgehead atoms. The molecular weight excluding hydrogens is 241 g/mol. The van der Waals surface area contributed by atoms with E-state index in [1.54, 1.807) is 12.1 Å². The summed E-state index contributed by atoms with van der Waals surface area (Å²) in [4.78, 5) is 0. The third kappa shape index (κ3) is 4.92. The fourth-order valence-corrected chi connectivity index (χ4v) is 2.81. The van der Waals surface area contributed by atoms with Crippen molar-refractivity contribution in [3.8, 4) is 0 Å². The van der Waals surface area contributed by atoms with Gasteiger partial charge in [0, 0.05) is 6.54 Å². The van der Waals surface area contributed by atoms with Crippen LogP contribution < -0.4 is 5.32 Å². The molecule has 1 aliphatic carbocycles. The molecule has 0 heterocycles. The van der Waals surface area contributed by atoms with E-state index in [4.69, 9.17) is 0 Å². The van der Waals surface area contributed by atoms with Gasteiger partial charge in [0.2, 0.25) is 0 Å². The third-order valence-electron chi connectivity index (χ3n) is 3.97. The second kappa shape index (κ2) is 7.01. The molecule has 0 radical (unpaired) electrons. The molecule has 1 aromatic rings. The Hall–Kier alpha value is -0.930. The summed E-state index contributed by atoms with van der Waals surface area (Å²) >= 11 is 0. The van der Waals surface area contributed by atoms with Crippen molar-refractivity contribution in [3.63, 3.8) is 0 Å². The topological polar surface area (TPSA) is 32.3 Å². The van der Waals surface area contributed by atoms with Crippen molar-refractivity contribution in [2.75, 3.05) is 13.1 Å². The number of halogens is 1. The van der Waals surface area contributed by atoms with E-state index < -0.39 is 5.60 Å². The Morgan fingerprint density at radius 2 is 1.89 bits per heavy atom. The van der Waals surface area contributed by atoms with Crippen LogP contribution in [-0.4, -0.2) is 23.8 Å². The molecule has 19 heavy (non-hydrogen) atoms. The summed E-state index contributed by atoms with van der Waals surface area (Å²) in [6.45, 7) is 1.44. The Kier molecular flexibility index (Phi) is 5.34. The Morgan fingerprint density at radius 1 is 1.16 bits per heavy atom. The molecule has 0 amide bonds. The highest BCUT2D eigenvalue weighted by atomic mass is 19.1. The van der Waals surface area contributed by atoms with E-state index in [1.807, 2.05) is 6.07 Å². The molecule has 2 rings (SSSR count). The smallest absolute Gasteiger partial charge is 0.123 e. The van der Waals surface area contributed by atoms with Gasteiger partial charge in [-0.25, -0.2) is 4.39 Å². The van der Waals surface area contributed by atoms with Gasteiger partial charge >= 0.3 is 0 Å². The Labute approximate surface area is 115 Å². The molecule has 2 N–H and O–H groups in total. The molecule has 0 aromatic heterocycles. The van der Waals surface area contributed by atoms with Crippen LogP contribution >= 0.6 is 0 Å².